The van der Waals surface area contributed by atoms with E-state index >= 15 is 0 Å². The van der Waals surface area contributed by atoms with Crippen molar-refractivity contribution in [3.8, 4) is 0 Å². The summed E-state index contributed by atoms with van der Waals surface area (Å²) >= 11 is 0. The van der Waals surface area contributed by atoms with Crippen molar-refractivity contribution in [2.24, 2.45) is 0 Å². The van der Waals surface area contributed by atoms with Crippen LogP contribution in [0.4, 0.5) is 23.2 Å². The summed E-state index contributed by atoms with van der Waals surface area (Å²) in [6.07, 6.45) is -1.44. The molecule has 0 aliphatic carbocycles. The van der Waals surface area contributed by atoms with E-state index < -0.39 is 57.6 Å². The minimum Gasteiger partial charge on any atom is -0.481 e. The molecule has 0 unspecified atom stereocenters. The Balaban J connectivity index is 3.66. The number of Topliss-reactive ketones (excluding diaryl/α,β-unsaturated/α-hetero) is 1. The number of carbonyl (C=O) groups is 2. The monoisotopic (exact) mass is 281 g/mol. The Labute approximate surface area is 101 Å². The molecule has 1 N–H and O–H groups in total. The average molecular weight is 281 g/mol. The number of nitro benzene ring substituents is 1. The first kappa shape index (κ1) is 14.5. The van der Waals surface area contributed by atoms with Crippen molar-refractivity contribution in [2.75, 3.05) is 0 Å². The SMILES string of the molecule is O=C(O)CC(=O)c1c(F)c(F)c(F)c(F)c1[N+](=O)[O-]. The number of aliphatic carboxylic acids is 1. The quantitative estimate of drug-likeness (QED) is 0.173. The highest BCUT2D eigenvalue weighted by Gasteiger charge is 2.36. The van der Waals surface area contributed by atoms with Crippen LogP contribution in [-0.2, 0) is 4.79 Å². The first-order valence-corrected chi connectivity index (χ1v) is 4.43. The standard InChI is InChI=1S/C9H3F4NO5/c10-5-4(2(15)1-3(16)17)9(14(18)19)8(13)7(12)6(5)11/h1H2,(H,16,17). The molecule has 1 rings (SSSR count). The molecule has 0 aliphatic heterocycles. The molecule has 1 aromatic rings. The Morgan fingerprint density at radius 2 is 1.53 bits per heavy atom. The second kappa shape index (κ2) is 5.00. The topological polar surface area (TPSA) is 97.5 Å². The minimum atomic E-state index is -2.46. The lowest BCUT2D eigenvalue weighted by atomic mass is 10.0. The molecule has 0 aromatic heterocycles. The third kappa shape index (κ3) is 2.51. The number of carboxylic acid groups (broad SMARTS) is 1. The Hall–Kier alpha value is -2.52. The summed E-state index contributed by atoms with van der Waals surface area (Å²) in [5.41, 5.74) is -3.69. The summed E-state index contributed by atoms with van der Waals surface area (Å²) in [4.78, 5) is 30.3. The molecule has 102 valence electrons. The van der Waals surface area contributed by atoms with Gasteiger partial charge in [0.1, 0.15) is 12.0 Å². The number of hydrogen-bond acceptors (Lipinski definition) is 4. The maximum atomic E-state index is 13.3. The van der Waals surface area contributed by atoms with Gasteiger partial charge in [-0.3, -0.25) is 19.7 Å². The van der Waals surface area contributed by atoms with Crippen LogP contribution in [0.1, 0.15) is 16.8 Å². The first-order valence-electron chi connectivity index (χ1n) is 4.43. The first-order chi connectivity index (χ1) is 8.68. The van der Waals surface area contributed by atoms with E-state index in [2.05, 4.69) is 0 Å². The van der Waals surface area contributed by atoms with E-state index in [0.717, 1.165) is 0 Å². The van der Waals surface area contributed by atoms with Crippen molar-refractivity contribution in [2.45, 2.75) is 6.42 Å². The molecule has 0 saturated carbocycles. The number of benzene rings is 1. The summed E-state index contributed by atoms with van der Waals surface area (Å²) in [5.74, 6) is -13.1. The normalized spacial score (nSPS) is 10.3. The highest BCUT2D eigenvalue weighted by atomic mass is 19.2. The zero-order chi connectivity index (χ0) is 14.9. The molecular weight excluding hydrogens is 278 g/mol. The second-order valence-electron chi connectivity index (χ2n) is 3.23. The number of carboxylic acids is 1. The van der Waals surface area contributed by atoms with Crippen molar-refractivity contribution < 1.29 is 37.2 Å². The predicted octanol–water partition coefficient (Wildman–Crippen LogP) is 1.81. The highest BCUT2D eigenvalue weighted by molar-refractivity contribution is 6.08. The van der Waals surface area contributed by atoms with Crippen molar-refractivity contribution in [3.63, 3.8) is 0 Å². The Bertz CT molecular complexity index is 601. The number of carbonyl (C=O) groups excluding carboxylic acids is 1. The molecule has 1 aromatic carbocycles. The molecule has 6 nitrogen and oxygen atoms in total. The molecule has 0 bridgehead atoms. The third-order valence-corrected chi connectivity index (χ3v) is 2.02. The van der Waals surface area contributed by atoms with E-state index in [0.29, 0.717) is 0 Å². The van der Waals surface area contributed by atoms with E-state index in [9.17, 15) is 37.3 Å². The smallest absolute Gasteiger partial charge is 0.321 e. The summed E-state index contributed by atoms with van der Waals surface area (Å²) in [6.45, 7) is 0. The number of halogens is 4. The van der Waals surface area contributed by atoms with Gasteiger partial charge in [0.25, 0.3) is 0 Å². The van der Waals surface area contributed by atoms with Gasteiger partial charge < -0.3 is 5.11 Å². The molecule has 0 radical (unpaired) electrons. The van der Waals surface area contributed by atoms with Crippen LogP contribution < -0.4 is 0 Å². The van der Waals surface area contributed by atoms with Crippen LogP contribution >= 0.6 is 0 Å². The van der Waals surface area contributed by atoms with Crippen LogP contribution in [-0.4, -0.2) is 21.8 Å². The van der Waals surface area contributed by atoms with Gasteiger partial charge in [0.15, 0.2) is 17.4 Å². The van der Waals surface area contributed by atoms with Crippen molar-refractivity contribution in [1.29, 1.82) is 0 Å². The van der Waals surface area contributed by atoms with E-state index in [1.54, 1.807) is 0 Å². The summed E-state index contributed by atoms with van der Waals surface area (Å²) in [5, 5.41) is 18.7. The fraction of sp³-hybridized carbons (Fsp3) is 0.111. The minimum absolute atomic E-state index is 1.44. The van der Waals surface area contributed by atoms with Crippen LogP contribution in [0.25, 0.3) is 0 Å². The van der Waals surface area contributed by atoms with Crippen molar-refractivity contribution in [1.82, 2.24) is 0 Å². The molecule has 0 atom stereocenters. The summed E-state index contributed by atoms with van der Waals surface area (Å²) in [6, 6.07) is 0. The maximum absolute atomic E-state index is 13.3. The van der Waals surface area contributed by atoms with Crippen molar-refractivity contribution in [3.05, 3.63) is 38.9 Å². The molecule has 0 fully saturated rings. The zero-order valence-electron chi connectivity index (χ0n) is 8.75. The molecule has 0 saturated heterocycles. The number of ketones is 1. The van der Waals surface area contributed by atoms with Gasteiger partial charge in [-0.05, 0) is 0 Å². The summed E-state index contributed by atoms with van der Waals surface area (Å²) in [7, 11) is 0. The lowest BCUT2D eigenvalue weighted by Gasteiger charge is -2.05. The summed E-state index contributed by atoms with van der Waals surface area (Å²) < 4.78 is 52.1. The number of hydrogen-bond donors (Lipinski definition) is 1. The van der Waals surface area contributed by atoms with Gasteiger partial charge in [-0.1, -0.05) is 0 Å². The van der Waals surface area contributed by atoms with Crippen LogP contribution in [0.15, 0.2) is 0 Å². The van der Waals surface area contributed by atoms with Crippen molar-refractivity contribution >= 4 is 17.4 Å². The van der Waals surface area contributed by atoms with Gasteiger partial charge in [0, 0.05) is 0 Å². The molecular formula is C9H3F4NO5. The lowest BCUT2D eigenvalue weighted by molar-refractivity contribution is -0.388. The zero-order valence-corrected chi connectivity index (χ0v) is 8.75. The van der Waals surface area contributed by atoms with Crippen LogP contribution in [0.3, 0.4) is 0 Å². The van der Waals surface area contributed by atoms with E-state index in [4.69, 9.17) is 5.11 Å². The fourth-order valence-electron chi connectivity index (χ4n) is 1.27. The van der Waals surface area contributed by atoms with Crippen LogP contribution in [0, 0.1) is 33.4 Å². The maximum Gasteiger partial charge on any atom is 0.321 e. The van der Waals surface area contributed by atoms with Gasteiger partial charge in [-0.15, -0.1) is 0 Å². The lowest BCUT2D eigenvalue weighted by Crippen LogP contribution is -2.15. The van der Waals surface area contributed by atoms with Gasteiger partial charge in [0.2, 0.25) is 11.6 Å². The predicted molar refractivity (Wildman–Crippen MR) is 49.5 cm³/mol. The largest absolute Gasteiger partial charge is 0.481 e. The average Bonchev–Trinajstić information content (AvgIpc) is 2.29. The highest BCUT2D eigenvalue weighted by Crippen LogP contribution is 2.31. The molecule has 0 spiro atoms. The molecule has 0 aliphatic rings. The van der Waals surface area contributed by atoms with Gasteiger partial charge >= 0.3 is 11.7 Å². The van der Waals surface area contributed by atoms with Gasteiger partial charge in [-0.2, -0.15) is 4.39 Å². The van der Waals surface area contributed by atoms with Gasteiger partial charge in [-0.25, -0.2) is 13.2 Å². The number of nitrogens with zero attached hydrogens (tertiary/aromatic N) is 1. The van der Waals surface area contributed by atoms with E-state index in [-0.39, 0.29) is 0 Å². The number of nitro groups is 1. The van der Waals surface area contributed by atoms with E-state index in [1.807, 2.05) is 0 Å². The van der Waals surface area contributed by atoms with Crippen LogP contribution in [0.5, 0.6) is 0 Å². The third-order valence-electron chi connectivity index (χ3n) is 2.02. The van der Waals surface area contributed by atoms with Gasteiger partial charge in [0.05, 0.1) is 4.92 Å². The Morgan fingerprint density at radius 3 is 1.95 bits per heavy atom. The van der Waals surface area contributed by atoms with E-state index in [1.165, 1.54) is 0 Å². The molecule has 10 heteroatoms. The number of rotatable bonds is 4. The Kier molecular flexibility index (Phi) is 3.83. The van der Waals surface area contributed by atoms with Crippen LogP contribution in [0.2, 0.25) is 0 Å². The molecule has 0 heterocycles. The Morgan fingerprint density at radius 1 is 1.05 bits per heavy atom. The molecule has 19 heavy (non-hydrogen) atoms. The second-order valence-corrected chi connectivity index (χ2v) is 3.23. The fourth-order valence-corrected chi connectivity index (χ4v) is 1.27. The molecule has 0 amide bonds.